The number of nitrogens with one attached hydrogen (secondary N) is 2. The van der Waals surface area contributed by atoms with Crippen LogP contribution in [0.1, 0.15) is 37.7 Å². The van der Waals surface area contributed by atoms with E-state index in [9.17, 15) is 4.79 Å². The number of hydrogen-bond donors (Lipinski definition) is 2. The van der Waals surface area contributed by atoms with E-state index in [0.717, 1.165) is 42.0 Å². The lowest BCUT2D eigenvalue weighted by molar-refractivity contribution is -0.132. The van der Waals surface area contributed by atoms with E-state index >= 15 is 0 Å². The van der Waals surface area contributed by atoms with Gasteiger partial charge in [-0.05, 0) is 67.9 Å². The molecule has 24 heavy (non-hydrogen) atoms. The highest BCUT2D eigenvalue weighted by Crippen LogP contribution is 2.56. The van der Waals surface area contributed by atoms with Gasteiger partial charge in [-0.1, -0.05) is 12.1 Å². The second kappa shape index (κ2) is 5.61. The molecule has 5 aliphatic rings. The molecule has 1 aromatic rings. The number of rotatable bonds is 3. The first-order valence-electron chi connectivity index (χ1n) is 9.46. The van der Waals surface area contributed by atoms with Gasteiger partial charge in [-0.15, -0.1) is 0 Å². The minimum absolute atomic E-state index is 0.226. The summed E-state index contributed by atoms with van der Waals surface area (Å²) in [5.41, 5.74) is 1.93. The summed E-state index contributed by atoms with van der Waals surface area (Å²) in [6.45, 7) is 1.69. The number of amides is 1. The first-order chi connectivity index (χ1) is 11.8. The van der Waals surface area contributed by atoms with Crippen molar-refractivity contribution in [3.05, 3.63) is 29.8 Å². The molecule has 4 aliphatic carbocycles. The molecule has 6 rings (SSSR count). The molecule has 1 amide bonds. The van der Waals surface area contributed by atoms with Gasteiger partial charge in [0.2, 0.25) is 5.91 Å². The number of benzene rings is 1. The molecule has 4 nitrogen and oxygen atoms in total. The van der Waals surface area contributed by atoms with Crippen LogP contribution in [0, 0.1) is 29.6 Å². The number of anilines is 1. The fraction of sp³-hybridized carbons (Fsp3) is 0.600. The van der Waals surface area contributed by atoms with E-state index < -0.39 is 0 Å². The minimum Gasteiger partial charge on any atom is -0.368 e. The van der Waals surface area contributed by atoms with Crippen molar-refractivity contribution in [2.45, 2.75) is 32.1 Å². The molecule has 0 aromatic heterocycles. The van der Waals surface area contributed by atoms with E-state index in [0.29, 0.717) is 11.8 Å². The van der Waals surface area contributed by atoms with Crippen LogP contribution in [-0.4, -0.2) is 24.8 Å². The van der Waals surface area contributed by atoms with Crippen molar-refractivity contribution in [3.8, 4) is 0 Å². The summed E-state index contributed by atoms with van der Waals surface area (Å²) < 4.78 is 0. The number of amidine groups is 1. The first-order valence-corrected chi connectivity index (χ1v) is 9.46. The Bertz CT molecular complexity index is 668. The fourth-order valence-electron chi connectivity index (χ4n) is 5.95. The lowest BCUT2D eigenvalue weighted by Gasteiger charge is -2.53. The van der Waals surface area contributed by atoms with Crippen LogP contribution in [0.5, 0.6) is 0 Å². The SMILES string of the molecule is O=C(Nc1ccccc1C1=NCCN1)C1C2CC3CC(C2)CC1C3. The predicted molar refractivity (Wildman–Crippen MR) is 95.0 cm³/mol. The Kier molecular flexibility index (Phi) is 3.39. The maximum absolute atomic E-state index is 13.1. The highest BCUT2D eigenvalue weighted by atomic mass is 16.1. The molecular formula is C20H25N3O. The zero-order chi connectivity index (χ0) is 16.1. The van der Waals surface area contributed by atoms with Crippen LogP contribution in [0.2, 0.25) is 0 Å². The molecule has 2 N–H and O–H groups in total. The Morgan fingerprint density at radius 1 is 1.04 bits per heavy atom. The summed E-state index contributed by atoms with van der Waals surface area (Å²) >= 11 is 0. The van der Waals surface area contributed by atoms with E-state index in [1.165, 1.54) is 32.1 Å². The van der Waals surface area contributed by atoms with Crippen LogP contribution in [0.25, 0.3) is 0 Å². The van der Waals surface area contributed by atoms with Crippen LogP contribution in [0.4, 0.5) is 5.69 Å². The fourth-order valence-corrected chi connectivity index (χ4v) is 5.95. The predicted octanol–water partition coefficient (Wildman–Crippen LogP) is 3.05. The second-order valence-electron chi connectivity index (χ2n) is 8.15. The zero-order valence-electron chi connectivity index (χ0n) is 14.0. The van der Waals surface area contributed by atoms with Crippen molar-refractivity contribution < 1.29 is 4.79 Å². The van der Waals surface area contributed by atoms with Crippen LogP contribution in [0.15, 0.2) is 29.3 Å². The zero-order valence-corrected chi connectivity index (χ0v) is 14.0. The van der Waals surface area contributed by atoms with Crippen molar-refractivity contribution in [2.24, 2.45) is 34.6 Å². The highest BCUT2D eigenvalue weighted by Gasteiger charge is 2.50. The highest BCUT2D eigenvalue weighted by molar-refractivity contribution is 6.07. The van der Waals surface area contributed by atoms with Gasteiger partial charge in [-0.3, -0.25) is 9.79 Å². The van der Waals surface area contributed by atoms with Gasteiger partial charge in [0.1, 0.15) is 5.84 Å². The Morgan fingerprint density at radius 2 is 1.75 bits per heavy atom. The van der Waals surface area contributed by atoms with Gasteiger partial charge in [0.25, 0.3) is 0 Å². The molecule has 126 valence electrons. The minimum atomic E-state index is 0.226. The summed E-state index contributed by atoms with van der Waals surface area (Å²) in [6, 6.07) is 8.05. The number of nitrogens with zero attached hydrogens (tertiary/aromatic N) is 1. The van der Waals surface area contributed by atoms with Crippen LogP contribution < -0.4 is 10.6 Å². The van der Waals surface area contributed by atoms with Crippen LogP contribution >= 0.6 is 0 Å². The van der Waals surface area contributed by atoms with Crippen LogP contribution in [0.3, 0.4) is 0 Å². The van der Waals surface area contributed by atoms with Crippen molar-refractivity contribution in [1.82, 2.24) is 5.32 Å². The third-order valence-electron chi connectivity index (χ3n) is 6.64. The molecule has 4 fully saturated rings. The largest absolute Gasteiger partial charge is 0.368 e. The van der Waals surface area contributed by atoms with Gasteiger partial charge in [-0.2, -0.15) is 0 Å². The first kappa shape index (κ1) is 14.5. The molecule has 0 saturated heterocycles. The Balaban J connectivity index is 1.38. The van der Waals surface area contributed by atoms with Gasteiger partial charge in [0.15, 0.2) is 0 Å². The number of aliphatic imine (C=N–C) groups is 1. The number of hydrogen-bond acceptors (Lipinski definition) is 3. The monoisotopic (exact) mass is 323 g/mol. The third kappa shape index (κ3) is 2.35. The van der Waals surface area contributed by atoms with Crippen molar-refractivity contribution in [3.63, 3.8) is 0 Å². The number of para-hydroxylation sites is 1. The lowest BCUT2D eigenvalue weighted by Crippen LogP contribution is -2.49. The third-order valence-corrected chi connectivity index (χ3v) is 6.64. The smallest absolute Gasteiger partial charge is 0.228 e. The number of carbonyl (C=O) groups excluding carboxylic acids is 1. The lowest BCUT2D eigenvalue weighted by atomic mass is 9.51. The Labute approximate surface area is 143 Å². The molecule has 4 saturated carbocycles. The van der Waals surface area contributed by atoms with E-state index in [-0.39, 0.29) is 11.8 Å². The van der Waals surface area contributed by atoms with Gasteiger partial charge >= 0.3 is 0 Å². The maximum atomic E-state index is 13.1. The number of carbonyl (C=O) groups is 1. The molecule has 0 unspecified atom stereocenters. The molecule has 1 heterocycles. The maximum Gasteiger partial charge on any atom is 0.228 e. The van der Waals surface area contributed by atoms with Crippen molar-refractivity contribution in [1.29, 1.82) is 0 Å². The van der Waals surface area contributed by atoms with Crippen molar-refractivity contribution in [2.75, 3.05) is 18.4 Å². The van der Waals surface area contributed by atoms with E-state index in [4.69, 9.17) is 0 Å². The van der Waals surface area contributed by atoms with Gasteiger partial charge in [0.05, 0.1) is 12.2 Å². The Hall–Kier alpha value is -1.84. The van der Waals surface area contributed by atoms with Gasteiger partial charge in [-0.25, -0.2) is 0 Å². The second-order valence-corrected chi connectivity index (χ2v) is 8.15. The summed E-state index contributed by atoms with van der Waals surface area (Å²) in [6.07, 6.45) is 6.54. The summed E-state index contributed by atoms with van der Waals surface area (Å²) in [5.74, 6) is 4.43. The summed E-state index contributed by atoms with van der Waals surface area (Å²) in [7, 11) is 0. The van der Waals surface area contributed by atoms with Crippen molar-refractivity contribution >= 4 is 17.4 Å². The molecule has 4 bridgehead atoms. The quantitative estimate of drug-likeness (QED) is 0.898. The molecule has 0 spiro atoms. The molecule has 0 radical (unpaired) electrons. The molecule has 1 aliphatic heterocycles. The molecule has 4 heteroatoms. The topological polar surface area (TPSA) is 53.5 Å². The summed E-state index contributed by atoms with van der Waals surface area (Å²) in [5, 5.41) is 6.57. The Morgan fingerprint density at radius 3 is 2.42 bits per heavy atom. The van der Waals surface area contributed by atoms with E-state index in [2.05, 4.69) is 15.6 Å². The average Bonchev–Trinajstić information content (AvgIpc) is 3.08. The molecule has 1 aromatic carbocycles. The standard InChI is InChI=1S/C20H25N3O/c24-20(18-14-8-12-7-13(10-14)11-15(18)9-12)23-17-4-2-1-3-16(17)19-21-5-6-22-19/h1-4,12-15,18H,5-11H2,(H,21,22)(H,23,24). The molecule has 0 atom stereocenters. The summed E-state index contributed by atoms with van der Waals surface area (Å²) in [4.78, 5) is 17.6. The van der Waals surface area contributed by atoms with Crippen LogP contribution in [-0.2, 0) is 4.79 Å². The van der Waals surface area contributed by atoms with Gasteiger partial charge < -0.3 is 10.6 Å². The molecular weight excluding hydrogens is 298 g/mol. The van der Waals surface area contributed by atoms with Gasteiger partial charge in [0, 0.05) is 18.0 Å². The van der Waals surface area contributed by atoms with E-state index in [1.807, 2.05) is 24.3 Å². The van der Waals surface area contributed by atoms with E-state index in [1.54, 1.807) is 0 Å². The average molecular weight is 323 g/mol. The normalized spacial score (nSPS) is 36.3.